The molecule has 0 saturated carbocycles. The summed E-state index contributed by atoms with van der Waals surface area (Å²) in [6.07, 6.45) is 0.437. The van der Waals surface area contributed by atoms with Gasteiger partial charge in [-0.15, -0.1) is 0 Å². The molecule has 1 heterocycles. The van der Waals surface area contributed by atoms with Crippen molar-refractivity contribution in [1.29, 1.82) is 0 Å². The van der Waals surface area contributed by atoms with Crippen LogP contribution in [-0.4, -0.2) is 29.0 Å². The number of rotatable bonds is 4. The fourth-order valence-electron chi connectivity index (χ4n) is 3.07. The predicted molar refractivity (Wildman–Crippen MR) is 86.4 cm³/mol. The van der Waals surface area contributed by atoms with E-state index >= 15 is 0 Å². The minimum Gasteiger partial charge on any atom is -0.388 e. The third-order valence-corrected chi connectivity index (χ3v) is 4.36. The highest BCUT2D eigenvalue weighted by Crippen LogP contribution is 2.28. The van der Waals surface area contributed by atoms with Crippen molar-refractivity contribution in [3.8, 4) is 0 Å². The van der Waals surface area contributed by atoms with Gasteiger partial charge in [-0.2, -0.15) is 0 Å². The summed E-state index contributed by atoms with van der Waals surface area (Å²) in [6.45, 7) is 1.53. The number of aliphatic hydroxyl groups excluding tert-OH is 1. The van der Waals surface area contributed by atoms with Crippen molar-refractivity contribution >= 4 is 5.91 Å². The van der Waals surface area contributed by atoms with E-state index in [1.165, 1.54) is 5.56 Å². The monoisotopic (exact) mass is 295 g/mol. The van der Waals surface area contributed by atoms with Crippen molar-refractivity contribution in [3.05, 3.63) is 71.8 Å². The van der Waals surface area contributed by atoms with Gasteiger partial charge in [0, 0.05) is 19.0 Å². The van der Waals surface area contributed by atoms with Crippen molar-refractivity contribution in [2.24, 2.45) is 0 Å². The highest BCUT2D eigenvalue weighted by Gasteiger charge is 2.28. The Kier molecular flexibility index (Phi) is 4.54. The van der Waals surface area contributed by atoms with Gasteiger partial charge in [0.25, 0.3) is 0 Å². The quantitative estimate of drug-likeness (QED) is 0.941. The summed E-state index contributed by atoms with van der Waals surface area (Å²) in [5.74, 6) is 0.453. The summed E-state index contributed by atoms with van der Waals surface area (Å²) in [6, 6.07) is 19.7. The Bertz CT molecular complexity index is 612. The molecule has 1 fully saturated rings. The van der Waals surface area contributed by atoms with E-state index in [2.05, 4.69) is 12.1 Å². The Labute approximate surface area is 131 Å². The fraction of sp³-hybridized carbons (Fsp3) is 0.316. The number of benzene rings is 2. The molecule has 0 radical (unpaired) electrons. The molecule has 0 spiro atoms. The number of hydrogen-bond donors (Lipinski definition) is 1. The highest BCUT2D eigenvalue weighted by molar-refractivity contribution is 5.77. The van der Waals surface area contributed by atoms with Gasteiger partial charge in [-0.05, 0) is 17.5 Å². The lowest BCUT2D eigenvalue weighted by molar-refractivity contribution is -0.132. The van der Waals surface area contributed by atoms with Crippen molar-refractivity contribution in [2.75, 3.05) is 13.1 Å². The zero-order chi connectivity index (χ0) is 15.4. The minimum absolute atomic E-state index is 0.0368. The maximum absolute atomic E-state index is 12.4. The van der Waals surface area contributed by atoms with E-state index < -0.39 is 6.10 Å². The minimum atomic E-state index is -0.718. The lowest BCUT2D eigenvalue weighted by Crippen LogP contribution is -2.29. The van der Waals surface area contributed by atoms with E-state index in [4.69, 9.17) is 0 Å². The van der Waals surface area contributed by atoms with E-state index in [0.29, 0.717) is 5.92 Å². The van der Waals surface area contributed by atoms with Gasteiger partial charge in [0.05, 0.1) is 12.5 Å². The Balaban J connectivity index is 1.58. The first-order valence-corrected chi connectivity index (χ1v) is 7.80. The van der Waals surface area contributed by atoms with Crippen molar-refractivity contribution in [3.63, 3.8) is 0 Å². The van der Waals surface area contributed by atoms with Crippen LogP contribution in [0, 0.1) is 0 Å². The van der Waals surface area contributed by atoms with Crippen LogP contribution in [0.25, 0.3) is 0 Å². The molecule has 1 aliphatic rings. The van der Waals surface area contributed by atoms with Gasteiger partial charge in [0.15, 0.2) is 0 Å². The number of amides is 1. The molecule has 2 atom stereocenters. The SMILES string of the molecule is O=C(CC(O)c1ccccc1)N1CCC(c2ccccc2)C1. The summed E-state index contributed by atoms with van der Waals surface area (Å²) in [7, 11) is 0. The highest BCUT2D eigenvalue weighted by atomic mass is 16.3. The third kappa shape index (κ3) is 3.37. The molecule has 3 rings (SSSR count). The van der Waals surface area contributed by atoms with Crippen LogP contribution in [-0.2, 0) is 4.79 Å². The van der Waals surface area contributed by atoms with Crippen LogP contribution in [0.15, 0.2) is 60.7 Å². The molecule has 1 aliphatic heterocycles. The van der Waals surface area contributed by atoms with E-state index in [1.807, 2.05) is 53.4 Å². The number of carbonyl (C=O) groups is 1. The molecule has 0 aliphatic carbocycles. The predicted octanol–water partition coefficient (Wildman–Crippen LogP) is 3.13. The van der Waals surface area contributed by atoms with Gasteiger partial charge in [-0.25, -0.2) is 0 Å². The molecular weight excluding hydrogens is 274 g/mol. The molecule has 1 N–H and O–H groups in total. The summed E-state index contributed by atoms with van der Waals surface area (Å²) < 4.78 is 0. The van der Waals surface area contributed by atoms with Gasteiger partial charge >= 0.3 is 0 Å². The summed E-state index contributed by atoms with van der Waals surface area (Å²) in [4.78, 5) is 14.3. The van der Waals surface area contributed by atoms with E-state index in [0.717, 1.165) is 25.1 Å². The Morgan fingerprint density at radius 1 is 1.09 bits per heavy atom. The standard InChI is InChI=1S/C19H21NO2/c21-18(16-9-5-2-6-10-16)13-19(22)20-12-11-17(14-20)15-7-3-1-4-8-15/h1-10,17-18,21H,11-14H2. The van der Waals surface area contributed by atoms with Gasteiger partial charge in [-0.3, -0.25) is 4.79 Å². The zero-order valence-electron chi connectivity index (χ0n) is 12.6. The molecular formula is C19H21NO2. The second-order valence-corrected chi connectivity index (χ2v) is 5.87. The molecule has 2 aromatic carbocycles. The molecule has 2 unspecified atom stereocenters. The summed E-state index contributed by atoms with van der Waals surface area (Å²) in [5, 5.41) is 10.2. The lowest BCUT2D eigenvalue weighted by atomic mass is 9.99. The third-order valence-electron chi connectivity index (χ3n) is 4.36. The van der Waals surface area contributed by atoms with E-state index in [9.17, 15) is 9.90 Å². The molecule has 3 heteroatoms. The molecule has 1 saturated heterocycles. The number of hydrogen-bond acceptors (Lipinski definition) is 2. The van der Waals surface area contributed by atoms with Crippen LogP contribution in [0.2, 0.25) is 0 Å². The van der Waals surface area contributed by atoms with Crippen LogP contribution in [0.3, 0.4) is 0 Å². The summed E-state index contributed by atoms with van der Waals surface area (Å²) in [5.41, 5.74) is 2.09. The van der Waals surface area contributed by atoms with Crippen molar-refractivity contribution in [1.82, 2.24) is 4.90 Å². The van der Waals surface area contributed by atoms with Crippen molar-refractivity contribution in [2.45, 2.75) is 24.9 Å². The molecule has 114 valence electrons. The lowest BCUT2D eigenvalue weighted by Gasteiger charge is -2.19. The maximum atomic E-state index is 12.4. The maximum Gasteiger partial charge on any atom is 0.225 e. The summed E-state index contributed by atoms with van der Waals surface area (Å²) >= 11 is 0. The van der Waals surface area contributed by atoms with Crippen molar-refractivity contribution < 1.29 is 9.90 Å². The van der Waals surface area contributed by atoms with Crippen LogP contribution < -0.4 is 0 Å². The number of nitrogens with zero attached hydrogens (tertiary/aromatic N) is 1. The Morgan fingerprint density at radius 2 is 1.73 bits per heavy atom. The van der Waals surface area contributed by atoms with Gasteiger partial charge in [-0.1, -0.05) is 60.7 Å². The van der Waals surface area contributed by atoms with Gasteiger partial charge in [0.2, 0.25) is 5.91 Å². The average Bonchev–Trinajstić information content (AvgIpc) is 3.06. The Morgan fingerprint density at radius 3 is 2.41 bits per heavy atom. The first kappa shape index (κ1) is 14.8. The molecule has 2 aromatic rings. The fourth-order valence-corrected chi connectivity index (χ4v) is 3.07. The number of likely N-dealkylation sites (tertiary alicyclic amines) is 1. The van der Waals surface area contributed by atoms with Crippen LogP contribution in [0.4, 0.5) is 0 Å². The molecule has 0 bridgehead atoms. The second-order valence-electron chi connectivity index (χ2n) is 5.87. The number of aliphatic hydroxyl groups is 1. The molecule has 3 nitrogen and oxygen atoms in total. The van der Waals surface area contributed by atoms with E-state index in [-0.39, 0.29) is 12.3 Å². The van der Waals surface area contributed by atoms with Gasteiger partial charge < -0.3 is 10.0 Å². The second kappa shape index (κ2) is 6.75. The van der Waals surface area contributed by atoms with Gasteiger partial charge in [0.1, 0.15) is 0 Å². The van der Waals surface area contributed by atoms with Crippen LogP contribution in [0.5, 0.6) is 0 Å². The smallest absolute Gasteiger partial charge is 0.225 e. The Hall–Kier alpha value is -2.13. The molecule has 0 aromatic heterocycles. The first-order valence-electron chi connectivity index (χ1n) is 7.80. The normalized spacial score (nSPS) is 19.1. The molecule has 1 amide bonds. The van der Waals surface area contributed by atoms with Crippen LogP contribution >= 0.6 is 0 Å². The first-order chi connectivity index (χ1) is 10.7. The number of carbonyl (C=O) groups excluding carboxylic acids is 1. The average molecular weight is 295 g/mol. The van der Waals surface area contributed by atoms with E-state index in [1.54, 1.807) is 0 Å². The largest absolute Gasteiger partial charge is 0.388 e. The zero-order valence-corrected chi connectivity index (χ0v) is 12.6. The molecule has 22 heavy (non-hydrogen) atoms. The topological polar surface area (TPSA) is 40.5 Å². The van der Waals surface area contributed by atoms with Crippen LogP contribution in [0.1, 0.15) is 36.0 Å².